The Labute approximate surface area is 112 Å². The Morgan fingerprint density at radius 2 is 1.61 bits per heavy atom. The van der Waals surface area contributed by atoms with Crippen molar-refractivity contribution in [2.24, 2.45) is 5.41 Å². The summed E-state index contributed by atoms with van der Waals surface area (Å²) in [7, 11) is 0. The first-order chi connectivity index (χ1) is 8.56. The third-order valence-corrected chi connectivity index (χ3v) is 3.34. The number of hydrogen-bond donors (Lipinski definition) is 0. The molecule has 1 aliphatic heterocycles. The van der Waals surface area contributed by atoms with Crippen molar-refractivity contribution in [2.75, 3.05) is 13.1 Å². The van der Waals surface area contributed by atoms with Crippen molar-refractivity contribution in [2.45, 2.75) is 40.0 Å². The number of nitrogens with zero attached hydrogens (tertiary/aromatic N) is 1. The molecule has 0 bridgehead atoms. The predicted molar refractivity (Wildman–Crippen MR) is 79.3 cm³/mol. The minimum absolute atomic E-state index is 0.225. The van der Waals surface area contributed by atoms with Crippen LogP contribution in [0.5, 0.6) is 0 Å². The predicted octanol–water partition coefficient (Wildman–Crippen LogP) is 4.56. The Hall–Kier alpha value is -1.24. The molecule has 0 radical (unpaired) electrons. The fourth-order valence-corrected chi connectivity index (χ4v) is 2.51. The Morgan fingerprint density at radius 3 is 2.17 bits per heavy atom. The Bertz CT molecular complexity index is 391. The Morgan fingerprint density at radius 1 is 1.00 bits per heavy atom. The maximum absolute atomic E-state index is 2.56. The second kappa shape index (κ2) is 5.60. The van der Waals surface area contributed by atoms with Gasteiger partial charge in [-0.15, -0.1) is 0 Å². The molecule has 1 fully saturated rings. The smallest absolute Gasteiger partial charge is 0.0404 e. The van der Waals surface area contributed by atoms with E-state index in [1.54, 1.807) is 0 Å². The molecule has 98 valence electrons. The fourth-order valence-electron chi connectivity index (χ4n) is 2.51. The number of piperidine rings is 1. The summed E-state index contributed by atoms with van der Waals surface area (Å²) in [6.45, 7) is 9.24. The van der Waals surface area contributed by atoms with E-state index in [0.29, 0.717) is 0 Å². The number of benzene rings is 1. The molecule has 2 rings (SSSR count). The number of hydrogen-bond acceptors (Lipinski definition) is 1. The molecule has 0 atom stereocenters. The first-order valence-electron chi connectivity index (χ1n) is 7.09. The summed E-state index contributed by atoms with van der Waals surface area (Å²) in [6, 6.07) is 10.8. The summed E-state index contributed by atoms with van der Waals surface area (Å²) in [4.78, 5) is 2.56. The molecule has 1 nitrogen and oxygen atoms in total. The Kier molecular flexibility index (Phi) is 4.11. The van der Waals surface area contributed by atoms with Gasteiger partial charge in [0.15, 0.2) is 0 Å². The van der Waals surface area contributed by atoms with E-state index < -0.39 is 0 Å². The monoisotopic (exact) mass is 243 g/mol. The van der Waals surface area contributed by atoms with Gasteiger partial charge >= 0.3 is 0 Å². The number of rotatable bonds is 2. The maximum atomic E-state index is 2.56. The molecule has 0 aliphatic carbocycles. The second-order valence-electron chi connectivity index (χ2n) is 6.31. The van der Waals surface area contributed by atoms with Crippen LogP contribution in [0.3, 0.4) is 0 Å². The fraction of sp³-hybridized carbons (Fsp3) is 0.529. The first kappa shape index (κ1) is 13.2. The maximum Gasteiger partial charge on any atom is 0.0404 e. The molecule has 1 heterocycles. The van der Waals surface area contributed by atoms with Gasteiger partial charge in [-0.25, -0.2) is 0 Å². The highest BCUT2D eigenvalue weighted by atomic mass is 15.1. The van der Waals surface area contributed by atoms with Crippen molar-refractivity contribution >= 4 is 5.70 Å². The topological polar surface area (TPSA) is 3.24 Å². The number of allylic oxidation sites excluding steroid dienone is 1. The van der Waals surface area contributed by atoms with Crippen LogP contribution in [-0.2, 0) is 0 Å². The second-order valence-corrected chi connectivity index (χ2v) is 6.31. The van der Waals surface area contributed by atoms with Gasteiger partial charge in [0.05, 0.1) is 0 Å². The lowest BCUT2D eigenvalue weighted by molar-refractivity contribution is 0.322. The highest BCUT2D eigenvalue weighted by Gasteiger charge is 2.17. The molecule has 0 amide bonds. The van der Waals surface area contributed by atoms with Crippen LogP contribution in [-0.4, -0.2) is 18.0 Å². The van der Waals surface area contributed by atoms with E-state index in [1.807, 2.05) is 0 Å². The zero-order valence-corrected chi connectivity index (χ0v) is 11.9. The zero-order valence-electron chi connectivity index (χ0n) is 11.9. The van der Waals surface area contributed by atoms with E-state index in [-0.39, 0.29) is 5.41 Å². The molecule has 1 saturated heterocycles. The van der Waals surface area contributed by atoms with E-state index in [1.165, 1.54) is 43.6 Å². The van der Waals surface area contributed by atoms with Crippen molar-refractivity contribution in [3.63, 3.8) is 0 Å². The van der Waals surface area contributed by atoms with Crippen LogP contribution in [0.2, 0.25) is 0 Å². The third-order valence-electron chi connectivity index (χ3n) is 3.34. The summed E-state index contributed by atoms with van der Waals surface area (Å²) in [5, 5.41) is 0. The van der Waals surface area contributed by atoms with Crippen LogP contribution in [0.1, 0.15) is 45.6 Å². The highest BCUT2D eigenvalue weighted by Crippen LogP contribution is 2.28. The summed E-state index contributed by atoms with van der Waals surface area (Å²) in [6.07, 6.45) is 6.46. The minimum atomic E-state index is 0.225. The van der Waals surface area contributed by atoms with Gasteiger partial charge in [-0.3, -0.25) is 0 Å². The quantitative estimate of drug-likeness (QED) is 0.736. The standard InChI is InChI=1S/C17H25N/c1-17(2,3)14-16(15-10-6-4-7-11-15)18-12-8-5-9-13-18/h4,6-7,10-11,14H,5,8-9,12-13H2,1-3H3. The molecule has 18 heavy (non-hydrogen) atoms. The average molecular weight is 243 g/mol. The van der Waals surface area contributed by atoms with Crippen LogP contribution < -0.4 is 0 Å². The molecule has 0 unspecified atom stereocenters. The summed E-state index contributed by atoms with van der Waals surface area (Å²) in [5.41, 5.74) is 3.00. The Balaban J connectivity index is 2.31. The molecule has 1 aliphatic rings. The van der Waals surface area contributed by atoms with Gasteiger partial charge in [-0.1, -0.05) is 57.2 Å². The first-order valence-corrected chi connectivity index (χ1v) is 7.09. The minimum Gasteiger partial charge on any atom is -0.371 e. The molecular formula is C17H25N. The van der Waals surface area contributed by atoms with Crippen molar-refractivity contribution in [1.82, 2.24) is 4.90 Å². The molecule has 1 aromatic rings. The molecule has 1 heteroatoms. The number of likely N-dealkylation sites (tertiary alicyclic amines) is 1. The zero-order chi connectivity index (χ0) is 13.0. The van der Waals surface area contributed by atoms with Gasteiger partial charge in [0, 0.05) is 18.8 Å². The third kappa shape index (κ3) is 3.63. The van der Waals surface area contributed by atoms with Crippen LogP contribution in [0, 0.1) is 5.41 Å². The lowest BCUT2D eigenvalue weighted by Crippen LogP contribution is -2.29. The van der Waals surface area contributed by atoms with Gasteiger partial charge in [-0.05, 0) is 30.2 Å². The average Bonchev–Trinajstić information content (AvgIpc) is 2.37. The lowest BCUT2D eigenvalue weighted by atomic mass is 9.92. The van der Waals surface area contributed by atoms with E-state index in [4.69, 9.17) is 0 Å². The highest BCUT2D eigenvalue weighted by molar-refractivity contribution is 5.64. The lowest BCUT2D eigenvalue weighted by Gasteiger charge is -2.33. The SMILES string of the molecule is CC(C)(C)C=C(c1ccccc1)N1CCCCC1. The van der Waals surface area contributed by atoms with E-state index in [0.717, 1.165) is 0 Å². The van der Waals surface area contributed by atoms with E-state index in [9.17, 15) is 0 Å². The van der Waals surface area contributed by atoms with Crippen molar-refractivity contribution in [1.29, 1.82) is 0 Å². The van der Waals surface area contributed by atoms with Crippen molar-refractivity contribution in [3.05, 3.63) is 42.0 Å². The van der Waals surface area contributed by atoms with E-state index >= 15 is 0 Å². The van der Waals surface area contributed by atoms with Crippen molar-refractivity contribution in [3.8, 4) is 0 Å². The van der Waals surface area contributed by atoms with Gasteiger partial charge in [0.1, 0.15) is 0 Å². The summed E-state index contributed by atoms with van der Waals surface area (Å²) >= 11 is 0. The molecule has 0 aromatic heterocycles. The van der Waals surface area contributed by atoms with Gasteiger partial charge in [-0.2, -0.15) is 0 Å². The summed E-state index contributed by atoms with van der Waals surface area (Å²) < 4.78 is 0. The van der Waals surface area contributed by atoms with Crippen LogP contribution in [0.25, 0.3) is 5.70 Å². The summed E-state index contributed by atoms with van der Waals surface area (Å²) in [5.74, 6) is 0. The van der Waals surface area contributed by atoms with Crippen LogP contribution in [0.4, 0.5) is 0 Å². The molecular weight excluding hydrogens is 218 g/mol. The van der Waals surface area contributed by atoms with Gasteiger partial charge in [0.2, 0.25) is 0 Å². The van der Waals surface area contributed by atoms with Gasteiger partial charge in [0.25, 0.3) is 0 Å². The van der Waals surface area contributed by atoms with Gasteiger partial charge < -0.3 is 4.90 Å². The van der Waals surface area contributed by atoms with E-state index in [2.05, 4.69) is 62.1 Å². The molecule has 0 N–H and O–H groups in total. The molecule has 0 saturated carbocycles. The van der Waals surface area contributed by atoms with Crippen LogP contribution in [0.15, 0.2) is 36.4 Å². The van der Waals surface area contributed by atoms with Crippen molar-refractivity contribution < 1.29 is 0 Å². The molecule has 1 aromatic carbocycles. The van der Waals surface area contributed by atoms with Crippen LogP contribution >= 0.6 is 0 Å². The largest absolute Gasteiger partial charge is 0.371 e. The normalized spacial score (nSPS) is 17.9. The molecule has 0 spiro atoms.